The Balaban J connectivity index is 0.00000400. The van der Waals surface area contributed by atoms with Crippen molar-refractivity contribution in [1.29, 1.82) is 0 Å². The zero-order chi connectivity index (χ0) is 15.2. The molecule has 0 saturated carbocycles. The molecule has 3 N–H and O–H groups in total. The van der Waals surface area contributed by atoms with Crippen molar-refractivity contribution in [2.75, 3.05) is 6.54 Å². The van der Waals surface area contributed by atoms with Gasteiger partial charge in [0.15, 0.2) is 0 Å². The van der Waals surface area contributed by atoms with Gasteiger partial charge in [0.2, 0.25) is 5.91 Å². The number of nitrogens with two attached hydrogens (primary N) is 1. The maximum absolute atomic E-state index is 12.0. The fourth-order valence-electron chi connectivity index (χ4n) is 1.87. The van der Waals surface area contributed by atoms with Crippen molar-refractivity contribution in [1.82, 2.24) is 5.32 Å². The van der Waals surface area contributed by atoms with Gasteiger partial charge in [-0.1, -0.05) is 25.5 Å². The summed E-state index contributed by atoms with van der Waals surface area (Å²) in [7, 11) is 0. The average Bonchev–Trinajstić information content (AvgIpc) is 2.38. The van der Waals surface area contributed by atoms with E-state index in [1.54, 1.807) is 6.92 Å². The maximum atomic E-state index is 12.0. The lowest BCUT2D eigenvalue weighted by molar-refractivity contribution is -0.126. The normalized spacial score (nSPS) is 14.5. The number of benzene rings is 1. The Labute approximate surface area is 141 Å². The van der Waals surface area contributed by atoms with Crippen LogP contribution in [0, 0.1) is 0 Å². The van der Waals surface area contributed by atoms with Crippen molar-refractivity contribution in [2.45, 2.75) is 45.3 Å². The van der Waals surface area contributed by atoms with Crippen molar-refractivity contribution < 1.29 is 9.53 Å². The van der Waals surface area contributed by atoms with Crippen LogP contribution in [0.5, 0.6) is 5.75 Å². The third-order valence-corrected chi connectivity index (χ3v) is 3.66. The summed E-state index contributed by atoms with van der Waals surface area (Å²) in [5.41, 5.74) is 5.16. The second-order valence-corrected chi connectivity index (χ2v) is 6.09. The molecular weight excluding hydrogens is 356 g/mol. The quantitative estimate of drug-likeness (QED) is 0.764. The number of hydrogen-bond donors (Lipinski definition) is 2. The van der Waals surface area contributed by atoms with E-state index < -0.39 is 5.54 Å². The molecule has 2 unspecified atom stereocenters. The fraction of sp³-hybridized carbons (Fsp3) is 0.533. The minimum Gasteiger partial charge on any atom is -0.488 e. The topological polar surface area (TPSA) is 64.4 Å². The third kappa shape index (κ3) is 6.68. The zero-order valence-corrected chi connectivity index (χ0v) is 15.1. The summed E-state index contributed by atoms with van der Waals surface area (Å²) in [6.07, 6.45) is 1.41. The van der Waals surface area contributed by atoms with Gasteiger partial charge in [-0.05, 0) is 48.3 Å². The Bertz CT molecular complexity index is 455. The van der Waals surface area contributed by atoms with E-state index in [1.165, 1.54) is 0 Å². The summed E-state index contributed by atoms with van der Waals surface area (Å²) < 4.78 is 6.66. The first-order valence-electron chi connectivity index (χ1n) is 6.85. The molecule has 0 aromatic heterocycles. The smallest absolute Gasteiger partial charge is 0.239 e. The molecule has 1 aromatic carbocycles. The first kappa shape index (κ1) is 20.2. The van der Waals surface area contributed by atoms with Gasteiger partial charge in [0.1, 0.15) is 11.9 Å². The second kappa shape index (κ2) is 9.28. The Kier molecular flexibility index (Phi) is 8.94. The number of carbonyl (C=O) groups is 1. The molecule has 21 heavy (non-hydrogen) atoms. The van der Waals surface area contributed by atoms with E-state index in [9.17, 15) is 4.79 Å². The molecule has 0 aliphatic heterocycles. The number of nitrogens with one attached hydrogen (secondary N) is 1. The molecule has 0 radical (unpaired) electrons. The molecule has 0 spiro atoms. The van der Waals surface area contributed by atoms with Crippen LogP contribution in [0.15, 0.2) is 28.7 Å². The third-order valence-electron chi connectivity index (χ3n) is 3.00. The van der Waals surface area contributed by atoms with E-state index in [-0.39, 0.29) is 24.4 Å². The molecular formula is C15H24BrClN2O2. The van der Waals surface area contributed by atoms with Gasteiger partial charge < -0.3 is 15.8 Å². The van der Waals surface area contributed by atoms with Gasteiger partial charge in [0.25, 0.3) is 0 Å². The SMILES string of the molecule is CCCC(C)(N)C(=O)NCC(C)Oc1ccccc1Br.Cl. The van der Waals surface area contributed by atoms with Crippen LogP contribution < -0.4 is 15.8 Å². The highest BCUT2D eigenvalue weighted by Gasteiger charge is 2.27. The van der Waals surface area contributed by atoms with Crippen LogP contribution in [0.4, 0.5) is 0 Å². The van der Waals surface area contributed by atoms with Crippen LogP contribution in [-0.4, -0.2) is 24.1 Å². The van der Waals surface area contributed by atoms with Crippen LogP contribution in [0.2, 0.25) is 0 Å². The van der Waals surface area contributed by atoms with Crippen molar-refractivity contribution in [3.05, 3.63) is 28.7 Å². The Morgan fingerprint density at radius 3 is 2.67 bits per heavy atom. The van der Waals surface area contributed by atoms with Crippen LogP contribution in [0.25, 0.3) is 0 Å². The lowest BCUT2D eigenvalue weighted by Crippen LogP contribution is -2.53. The molecule has 4 nitrogen and oxygen atoms in total. The number of halogens is 2. The molecule has 0 fully saturated rings. The summed E-state index contributed by atoms with van der Waals surface area (Å²) in [5, 5.41) is 2.84. The predicted molar refractivity (Wildman–Crippen MR) is 92.0 cm³/mol. The highest BCUT2D eigenvalue weighted by atomic mass is 79.9. The molecule has 0 heterocycles. The van der Waals surface area contributed by atoms with E-state index in [0.29, 0.717) is 13.0 Å². The first-order valence-corrected chi connectivity index (χ1v) is 7.64. The number of rotatable bonds is 7. The minimum absolute atomic E-state index is 0. The number of amides is 1. The van der Waals surface area contributed by atoms with Gasteiger partial charge in [-0.15, -0.1) is 12.4 Å². The van der Waals surface area contributed by atoms with E-state index in [0.717, 1.165) is 16.6 Å². The molecule has 1 aromatic rings. The molecule has 6 heteroatoms. The molecule has 0 bridgehead atoms. The van der Waals surface area contributed by atoms with Gasteiger partial charge in [-0.2, -0.15) is 0 Å². The molecule has 120 valence electrons. The van der Waals surface area contributed by atoms with Crippen molar-refractivity contribution >= 4 is 34.2 Å². The van der Waals surface area contributed by atoms with Gasteiger partial charge in [0, 0.05) is 0 Å². The van der Waals surface area contributed by atoms with E-state index in [1.807, 2.05) is 38.1 Å². The lowest BCUT2D eigenvalue weighted by atomic mass is 9.96. The van der Waals surface area contributed by atoms with Crippen LogP contribution >= 0.6 is 28.3 Å². The van der Waals surface area contributed by atoms with E-state index >= 15 is 0 Å². The van der Waals surface area contributed by atoms with Crippen LogP contribution in [0.1, 0.15) is 33.6 Å². The lowest BCUT2D eigenvalue weighted by Gasteiger charge is -2.24. The fourth-order valence-corrected chi connectivity index (χ4v) is 2.25. The molecule has 0 aliphatic carbocycles. The van der Waals surface area contributed by atoms with Crippen molar-refractivity contribution in [3.8, 4) is 5.75 Å². The molecule has 0 aliphatic rings. The zero-order valence-electron chi connectivity index (χ0n) is 12.7. The number of carbonyl (C=O) groups excluding carboxylic acids is 1. The van der Waals surface area contributed by atoms with Crippen molar-refractivity contribution in [2.24, 2.45) is 5.73 Å². The number of hydrogen-bond acceptors (Lipinski definition) is 3. The molecule has 0 saturated heterocycles. The second-order valence-electron chi connectivity index (χ2n) is 5.24. The molecule has 1 amide bonds. The summed E-state index contributed by atoms with van der Waals surface area (Å²) >= 11 is 3.42. The van der Waals surface area contributed by atoms with Gasteiger partial charge in [-0.3, -0.25) is 4.79 Å². The van der Waals surface area contributed by atoms with Gasteiger partial charge in [0.05, 0.1) is 16.6 Å². The monoisotopic (exact) mass is 378 g/mol. The van der Waals surface area contributed by atoms with Gasteiger partial charge in [-0.25, -0.2) is 0 Å². The molecule has 1 rings (SSSR count). The first-order chi connectivity index (χ1) is 9.36. The summed E-state index contributed by atoms with van der Waals surface area (Å²) in [6.45, 7) is 6.10. The largest absolute Gasteiger partial charge is 0.488 e. The minimum atomic E-state index is -0.818. The van der Waals surface area contributed by atoms with E-state index in [4.69, 9.17) is 10.5 Å². The van der Waals surface area contributed by atoms with Gasteiger partial charge >= 0.3 is 0 Å². The number of ether oxygens (including phenoxy) is 1. The predicted octanol–water partition coefficient (Wildman–Crippen LogP) is 3.27. The summed E-state index contributed by atoms with van der Waals surface area (Å²) in [6, 6.07) is 7.63. The summed E-state index contributed by atoms with van der Waals surface area (Å²) in [5.74, 6) is 0.625. The number of para-hydroxylation sites is 1. The van der Waals surface area contributed by atoms with Crippen LogP contribution in [-0.2, 0) is 4.79 Å². The maximum Gasteiger partial charge on any atom is 0.239 e. The average molecular weight is 380 g/mol. The van der Waals surface area contributed by atoms with E-state index in [2.05, 4.69) is 21.2 Å². The van der Waals surface area contributed by atoms with Crippen molar-refractivity contribution in [3.63, 3.8) is 0 Å². The Hall–Kier alpha value is -0.780. The Morgan fingerprint density at radius 1 is 1.48 bits per heavy atom. The highest BCUT2D eigenvalue weighted by molar-refractivity contribution is 9.10. The summed E-state index contributed by atoms with van der Waals surface area (Å²) in [4.78, 5) is 12.0. The molecule has 2 atom stereocenters. The Morgan fingerprint density at radius 2 is 2.10 bits per heavy atom. The standard InChI is InChI=1S/C15H23BrN2O2.ClH/c1-4-9-15(3,17)14(19)18-10-11(2)20-13-8-6-5-7-12(13)16;/h5-8,11H,4,9-10,17H2,1-3H3,(H,18,19);1H. The van der Waals surface area contributed by atoms with Crippen LogP contribution in [0.3, 0.4) is 0 Å². The highest BCUT2D eigenvalue weighted by Crippen LogP contribution is 2.24.